The lowest BCUT2D eigenvalue weighted by Gasteiger charge is -2.14. The number of methoxy groups -OCH3 is 1. The van der Waals surface area contributed by atoms with Crippen molar-refractivity contribution in [1.29, 1.82) is 0 Å². The standard InChI is InChI=1S/C14H11Br2Cl2NO/c1-20-14-11(16)5-10(17)6-13(14)19-7-8-4-9(15)2-3-12(8)18/h2-6,19H,7H2,1H3. The zero-order chi connectivity index (χ0) is 14.7. The van der Waals surface area contributed by atoms with Gasteiger partial charge in [0.15, 0.2) is 5.75 Å². The van der Waals surface area contributed by atoms with Crippen molar-refractivity contribution >= 4 is 60.7 Å². The fraction of sp³-hybridized carbons (Fsp3) is 0.143. The van der Waals surface area contributed by atoms with Crippen LogP contribution >= 0.6 is 55.1 Å². The van der Waals surface area contributed by atoms with Gasteiger partial charge in [-0.2, -0.15) is 0 Å². The van der Waals surface area contributed by atoms with Crippen LogP contribution in [0.1, 0.15) is 5.56 Å². The predicted molar refractivity (Wildman–Crippen MR) is 92.2 cm³/mol. The second kappa shape index (κ2) is 7.03. The number of nitrogens with one attached hydrogen (secondary N) is 1. The fourth-order valence-electron chi connectivity index (χ4n) is 1.77. The smallest absolute Gasteiger partial charge is 0.156 e. The van der Waals surface area contributed by atoms with Gasteiger partial charge in [0.2, 0.25) is 0 Å². The Bertz CT molecular complexity index is 635. The van der Waals surface area contributed by atoms with Crippen molar-refractivity contribution in [3.63, 3.8) is 0 Å². The molecule has 0 bridgehead atoms. The molecule has 0 saturated heterocycles. The second-order valence-electron chi connectivity index (χ2n) is 4.06. The summed E-state index contributed by atoms with van der Waals surface area (Å²) >= 11 is 19.1. The van der Waals surface area contributed by atoms with Gasteiger partial charge in [0.05, 0.1) is 17.3 Å². The monoisotopic (exact) mass is 437 g/mol. The molecule has 1 N–H and O–H groups in total. The summed E-state index contributed by atoms with van der Waals surface area (Å²) in [6.45, 7) is 0.571. The number of benzene rings is 2. The van der Waals surface area contributed by atoms with E-state index in [2.05, 4.69) is 37.2 Å². The molecular formula is C14H11Br2Cl2NO. The summed E-state index contributed by atoms with van der Waals surface area (Å²) in [7, 11) is 1.62. The van der Waals surface area contributed by atoms with Gasteiger partial charge in [-0.3, -0.25) is 0 Å². The largest absolute Gasteiger partial charge is 0.493 e. The first kappa shape index (κ1) is 16.0. The Labute approximate surface area is 144 Å². The molecule has 20 heavy (non-hydrogen) atoms. The first-order valence-corrected chi connectivity index (χ1v) is 8.06. The number of anilines is 1. The molecule has 0 atom stereocenters. The molecule has 2 aromatic rings. The lowest BCUT2D eigenvalue weighted by atomic mass is 10.2. The molecule has 0 unspecified atom stereocenters. The van der Waals surface area contributed by atoms with Crippen LogP contribution in [-0.4, -0.2) is 7.11 Å². The van der Waals surface area contributed by atoms with Crippen molar-refractivity contribution in [1.82, 2.24) is 0 Å². The predicted octanol–water partition coefficient (Wildman–Crippen LogP) is 6.14. The maximum Gasteiger partial charge on any atom is 0.156 e. The summed E-state index contributed by atoms with van der Waals surface area (Å²) in [4.78, 5) is 0. The number of hydrogen-bond donors (Lipinski definition) is 1. The molecule has 106 valence electrons. The molecule has 0 heterocycles. The van der Waals surface area contributed by atoms with E-state index in [4.69, 9.17) is 27.9 Å². The Morgan fingerprint density at radius 3 is 2.60 bits per heavy atom. The lowest BCUT2D eigenvalue weighted by molar-refractivity contribution is 0.414. The summed E-state index contributed by atoms with van der Waals surface area (Å²) in [5.74, 6) is 0.709. The van der Waals surface area contributed by atoms with E-state index < -0.39 is 0 Å². The Kier molecular flexibility index (Phi) is 5.61. The zero-order valence-corrected chi connectivity index (χ0v) is 15.2. The van der Waals surface area contributed by atoms with E-state index in [1.807, 2.05) is 24.3 Å². The van der Waals surface area contributed by atoms with Crippen LogP contribution in [0.5, 0.6) is 5.75 Å². The molecule has 0 amide bonds. The van der Waals surface area contributed by atoms with Gasteiger partial charge in [0.25, 0.3) is 0 Å². The van der Waals surface area contributed by atoms with E-state index in [-0.39, 0.29) is 0 Å². The van der Waals surface area contributed by atoms with Crippen LogP contribution in [0, 0.1) is 0 Å². The van der Waals surface area contributed by atoms with Gasteiger partial charge in [0.1, 0.15) is 0 Å². The minimum atomic E-state index is 0.571. The third-order valence-corrected chi connectivity index (χ3v) is 4.36. The summed E-state index contributed by atoms with van der Waals surface area (Å²) < 4.78 is 7.15. The van der Waals surface area contributed by atoms with E-state index in [0.29, 0.717) is 22.3 Å². The highest BCUT2D eigenvalue weighted by atomic mass is 79.9. The van der Waals surface area contributed by atoms with Gasteiger partial charge in [-0.15, -0.1) is 0 Å². The number of rotatable bonds is 4. The summed E-state index contributed by atoms with van der Waals surface area (Å²) in [5, 5.41) is 4.62. The third kappa shape index (κ3) is 3.82. The van der Waals surface area contributed by atoms with Crippen LogP contribution in [0.15, 0.2) is 39.3 Å². The van der Waals surface area contributed by atoms with Crippen molar-refractivity contribution in [2.24, 2.45) is 0 Å². The fourth-order valence-corrected chi connectivity index (χ4v) is 3.33. The van der Waals surface area contributed by atoms with Crippen LogP contribution in [0.4, 0.5) is 5.69 Å². The molecule has 0 aliphatic rings. The molecule has 2 aromatic carbocycles. The number of ether oxygens (including phenoxy) is 1. The van der Waals surface area contributed by atoms with E-state index >= 15 is 0 Å². The third-order valence-electron chi connectivity index (χ3n) is 2.69. The van der Waals surface area contributed by atoms with Crippen molar-refractivity contribution in [3.05, 3.63) is 54.9 Å². The Hall–Kier alpha value is -0.420. The molecule has 6 heteroatoms. The highest BCUT2D eigenvalue weighted by molar-refractivity contribution is 9.10. The van der Waals surface area contributed by atoms with Crippen molar-refractivity contribution in [2.45, 2.75) is 6.54 Å². The van der Waals surface area contributed by atoms with Gasteiger partial charge in [0, 0.05) is 21.1 Å². The number of hydrogen-bond acceptors (Lipinski definition) is 2. The molecule has 0 saturated carbocycles. The van der Waals surface area contributed by atoms with E-state index in [1.165, 1.54) is 0 Å². The van der Waals surface area contributed by atoms with Gasteiger partial charge >= 0.3 is 0 Å². The maximum absolute atomic E-state index is 6.17. The van der Waals surface area contributed by atoms with Crippen LogP contribution in [0.3, 0.4) is 0 Å². The normalized spacial score (nSPS) is 10.4. The van der Waals surface area contributed by atoms with Gasteiger partial charge < -0.3 is 10.1 Å². The minimum absolute atomic E-state index is 0.571. The number of halogens is 4. The average Bonchev–Trinajstić information content (AvgIpc) is 2.39. The van der Waals surface area contributed by atoms with E-state index in [1.54, 1.807) is 13.2 Å². The van der Waals surface area contributed by atoms with Crippen molar-refractivity contribution in [2.75, 3.05) is 12.4 Å². The quantitative estimate of drug-likeness (QED) is 0.617. The molecule has 0 aliphatic heterocycles. The first-order chi connectivity index (χ1) is 9.51. The molecule has 2 nitrogen and oxygen atoms in total. The molecule has 0 fully saturated rings. The van der Waals surface area contributed by atoms with Crippen molar-refractivity contribution in [3.8, 4) is 5.75 Å². The summed E-state index contributed by atoms with van der Waals surface area (Å²) in [6.07, 6.45) is 0. The molecule has 2 rings (SSSR count). The highest BCUT2D eigenvalue weighted by Crippen LogP contribution is 2.36. The maximum atomic E-state index is 6.17. The minimum Gasteiger partial charge on any atom is -0.493 e. The van der Waals surface area contributed by atoms with E-state index in [9.17, 15) is 0 Å². The van der Waals surface area contributed by atoms with Crippen LogP contribution in [0.25, 0.3) is 0 Å². The van der Waals surface area contributed by atoms with Crippen LogP contribution in [0.2, 0.25) is 10.0 Å². The second-order valence-corrected chi connectivity index (χ2v) is 6.67. The zero-order valence-electron chi connectivity index (χ0n) is 10.5. The van der Waals surface area contributed by atoms with Gasteiger partial charge in [-0.05, 0) is 51.8 Å². The van der Waals surface area contributed by atoms with Crippen molar-refractivity contribution < 1.29 is 4.74 Å². The Morgan fingerprint density at radius 1 is 1.15 bits per heavy atom. The Morgan fingerprint density at radius 2 is 1.90 bits per heavy atom. The molecule has 0 radical (unpaired) electrons. The molecule has 0 spiro atoms. The highest BCUT2D eigenvalue weighted by Gasteiger charge is 2.10. The Balaban J connectivity index is 2.24. The van der Waals surface area contributed by atoms with Crippen LogP contribution in [-0.2, 0) is 6.54 Å². The van der Waals surface area contributed by atoms with E-state index in [0.717, 1.165) is 20.2 Å². The summed E-state index contributed by atoms with van der Waals surface area (Å²) in [6, 6.07) is 9.34. The lowest BCUT2D eigenvalue weighted by Crippen LogP contribution is -2.02. The molecule has 0 aliphatic carbocycles. The topological polar surface area (TPSA) is 21.3 Å². The first-order valence-electron chi connectivity index (χ1n) is 5.72. The van der Waals surface area contributed by atoms with Gasteiger partial charge in [-0.1, -0.05) is 39.1 Å². The van der Waals surface area contributed by atoms with Gasteiger partial charge in [-0.25, -0.2) is 0 Å². The molecule has 0 aromatic heterocycles. The average molecular weight is 440 g/mol. The SMILES string of the molecule is COc1c(Br)cc(Cl)cc1NCc1cc(Br)ccc1Cl. The molecular weight excluding hydrogens is 429 g/mol. The van der Waals surface area contributed by atoms with Crippen LogP contribution < -0.4 is 10.1 Å². The summed E-state index contributed by atoms with van der Waals surface area (Å²) in [5.41, 5.74) is 1.79.